The minimum Gasteiger partial charge on any atom is -0.340 e. The molecule has 0 saturated carbocycles. The van der Waals surface area contributed by atoms with Crippen molar-refractivity contribution < 1.29 is 14.0 Å². The topological polar surface area (TPSA) is 49.4 Å². The summed E-state index contributed by atoms with van der Waals surface area (Å²) in [5, 5.41) is 2.89. The van der Waals surface area contributed by atoms with Crippen molar-refractivity contribution in [1.29, 1.82) is 0 Å². The van der Waals surface area contributed by atoms with Gasteiger partial charge in [-0.25, -0.2) is 4.39 Å². The van der Waals surface area contributed by atoms with Crippen LogP contribution in [-0.2, 0) is 11.3 Å². The molecule has 1 atom stereocenters. The second kappa shape index (κ2) is 8.13. The van der Waals surface area contributed by atoms with Crippen molar-refractivity contribution in [2.45, 2.75) is 38.8 Å². The summed E-state index contributed by atoms with van der Waals surface area (Å²) < 4.78 is 13.4. The molecule has 1 N–H and O–H groups in total. The number of nitrogens with zero attached hydrogens (tertiary/aromatic N) is 1. The Kier molecular flexibility index (Phi) is 5.66. The molecule has 1 aliphatic rings. The van der Waals surface area contributed by atoms with Crippen LogP contribution in [0.1, 0.15) is 40.7 Å². The van der Waals surface area contributed by atoms with Gasteiger partial charge in [-0.3, -0.25) is 9.59 Å². The fourth-order valence-corrected chi connectivity index (χ4v) is 3.32. The zero-order chi connectivity index (χ0) is 18.5. The van der Waals surface area contributed by atoms with E-state index in [0.717, 1.165) is 24.0 Å². The van der Waals surface area contributed by atoms with Crippen molar-refractivity contribution in [3.8, 4) is 0 Å². The summed E-state index contributed by atoms with van der Waals surface area (Å²) in [6.45, 7) is 2.85. The molecule has 0 aromatic heterocycles. The van der Waals surface area contributed by atoms with Crippen LogP contribution in [-0.4, -0.2) is 29.3 Å². The molecule has 136 valence electrons. The largest absolute Gasteiger partial charge is 0.340 e. The molecule has 26 heavy (non-hydrogen) atoms. The Bertz CT molecular complexity index is 806. The summed E-state index contributed by atoms with van der Waals surface area (Å²) in [6, 6.07) is 13.1. The van der Waals surface area contributed by atoms with Gasteiger partial charge in [-0.15, -0.1) is 0 Å². The third-order valence-electron chi connectivity index (χ3n) is 4.74. The molecule has 2 aromatic rings. The van der Waals surface area contributed by atoms with Crippen LogP contribution in [0.3, 0.4) is 0 Å². The van der Waals surface area contributed by atoms with Gasteiger partial charge in [-0.2, -0.15) is 0 Å². The molecule has 1 aliphatic heterocycles. The average molecular weight is 354 g/mol. The van der Waals surface area contributed by atoms with E-state index in [-0.39, 0.29) is 17.6 Å². The maximum atomic E-state index is 13.4. The summed E-state index contributed by atoms with van der Waals surface area (Å²) in [6.07, 6.45) is 2.36. The Morgan fingerprint density at radius 3 is 2.77 bits per heavy atom. The van der Waals surface area contributed by atoms with Gasteiger partial charge >= 0.3 is 0 Å². The number of aryl methyl sites for hydroxylation is 1. The van der Waals surface area contributed by atoms with Gasteiger partial charge in [0.2, 0.25) is 5.91 Å². The fraction of sp³-hybridized carbons (Fsp3) is 0.333. The molecule has 4 nitrogen and oxygen atoms in total. The Labute approximate surface area is 153 Å². The molecule has 0 radical (unpaired) electrons. The number of benzene rings is 2. The molecule has 2 amide bonds. The highest BCUT2D eigenvalue weighted by molar-refractivity contribution is 5.98. The van der Waals surface area contributed by atoms with Gasteiger partial charge in [0.25, 0.3) is 5.91 Å². The molecule has 0 spiro atoms. The highest BCUT2D eigenvalue weighted by Crippen LogP contribution is 2.17. The molecule has 0 bridgehead atoms. The number of nitrogens with one attached hydrogen (secondary N) is 1. The molecule has 1 heterocycles. The summed E-state index contributed by atoms with van der Waals surface area (Å²) in [5.41, 5.74) is 2.22. The van der Waals surface area contributed by atoms with E-state index in [9.17, 15) is 14.0 Å². The van der Waals surface area contributed by atoms with E-state index >= 15 is 0 Å². The molecular formula is C21H23FN2O2. The predicted octanol–water partition coefficient (Wildman–Crippen LogP) is 3.45. The molecule has 2 aromatic carbocycles. The van der Waals surface area contributed by atoms with Crippen LogP contribution < -0.4 is 5.32 Å². The van der Waals surface area contributed by atoms with Gasteiger partial charge < -0.3 is 10.2 Å². The van der Waals surface area contributed by atoms with Crippen LogP contribution in [0.2, 0.25) is 0 Å². The number of halogens is 1. The zero-order valence-electron chi connectivity index (χ0n) is 14.9. The number of carbonyl (C=O) groups excluding carboxylic acids is 2. The first-order valence-electron chi connectivity index (χ1n) is 8.94. The lowest BCUT2D eigenvalue weighted by molar-refractivity contribution is -0.133. The van der Waals surface area contributed by atoms with Crippen molar-refractivity contribution in [2.24, 2.45) is 0 Å². The van der Waals surface area contributed by atoms with Crippen LogP contribution in [0, 0.1) is 12.7 Å². The van der Waals surface area contributed by atoms with Crippen LogP contribution in [0.15, 0.2) is 48.5 Å². The third kappa shape index (κ3) is 4.28. The number of amides is 2. The Morgan fingerprint density at radius 2 is 2.00 bits per heavy atom. The van der Waals surface area contributed by atoms with E-state index in [1.54, 1.807) is 17.0 Å². The molecule has 1 saturated heterocycles. The average Bonchev–Trinajstić information content (AvgIpc) is 2.78. The number of rotatable bonds is 4. The fourth-order valence-electron chi connectivity index (χ4n) is 3.32. The van der Waals surface area contributed by atoms with E-state index < -0.39 is 6.04 Å². The molecule has 0 aliphatic carbocycles. The SMILES string of the molecule is Cc1ccccc1C(=O)NC1CCCCN(Cc2cccc(F)c2)C1=O. The Balaban J connectivity index is 1.72. The van der Waals surface area contributed by atoms with Crippen LogP contribution in [0.4, 0.5) is 4.39 Å². The van der Waals surface area contributed by atoms with Crippen molar-refractivity contribution in [3.05, 3.63) is 71.0 Å². The number of hydrogen-bond donors (Lipinski definition) is 1. The first kappa shape index (κ1) is 18.1. The first-order valence-corrected chi connectivity index (χ1v) is 8.94. The number of carbonyl (C=O) groups is 2. The van der Waals surface area contributed by atoms with Crippen molar-refractivity contribution in [3.63, 3.8) is 0 Å². The summed E-state index contributed by atoms with van der Waals surface area (Å²) in [5.74, 6) is -0.642. The molecule has 5 heteroatoms. The molecule has 1 unspecified atom stereocenters. The predicted molar refractivity (Wildman–Crippen MR) is 98.1 cm³/mol. The van der Waals surface area contributed by atoms with E-state index in [4.69, 9.17) is 0 Å². The molecule has 1 fully saturated rings. The summed E-state index contributed by atoms with van der Waals surface area (Å²) in [4.78, 5) is 27.2. The number of hydrogen-bond acceptors (Lipinski definition) is 2. The van der Waals surface area contributed by atoms with Gasteiger partial charge in [-0.05, 0) is 55.5 Å². The normalized spacial score (nSPS) is 17.7. The zero-order valence-corrected chi connectivity index (χ0v) is 14.9. The minimum absolute atomic E-state index is 0.103. The van der Waals surface area contributed by atoms with E-state index in [1.807, 2.05) is 31.2 Å². The summed E-state index contributed by atoms with van der Waals surface area (Å²) >= 11 is 0. The van der Waals surface area contributed by atoms with Crippen LogP contribution >= 0.6 is 0 Å². The van der Waals surface area contributed by atoms with Crippen molar-refractivity contribution in [2.75, 3.05) is 6.54 Å². The quantitative estimate of drug-likeness (QED) is 0.914. The van der Waals surface area contributed by atoms with Crippen molar-refractivity contribution in [1.82, 2.24) is 10.2 Å². The monoisotopic (exact) mass is 354 g/mol. The highest BCUT2D eigenvalue weighted by atomic mass is 19.1. The second-order valence-electron chi connectivity index (χ2n) is 6.73. The molecular weight excluding hydrogens is 331 g/mol. The molecule has 3 rings (SSSR count). The van der Waals surface area contributed by atoms with E-state index in [1.165, 1.54) is 12.1 Å². The van der Waals surface area contributed by atoms with Crippen LogP contribution in [0.5, 0.6) is 0 Å². The van der Waals surface area contributed by atoms with Gasteiger partial charge in [0.05, 0.1) is 0 Å². The third-order valence-corrected chi connectivity index (χ3v) is 4.74. The van der Waals surface area contributed by atoms with E-state index in [2.05, 4.69) is 5.32 Å². The van der Waals surface area contributed by atoms with Crippen LogP contribution in [0.25, 0.3) is 0 Å². The van der Waals surface area contributed by atoms with Gasteiger partial charge in [0.1, 0.15) is 11.9 Å². The smallest absolute Gasteiger partial charge is 0.252 e. The van der Waals surface area contributed by atoms with Crippen molar-refractivity contribution >= 4 is 11.8 Å². The Hall–Kier alpha value is -2.69. The number of likely N-dealkylation sites (tertiary alicyclic amines) is 1. The van der Waals surface area contributed by atoms with Gasteiger partial charge in [-0.1, -0.05) is 30.3 Å². The minimum atomic E-state index is -0.543. The Morgan fingerprint density at radius 1 is 1.19 bits per heavy atom. The van der Waals surface area contributed by atoms with E-state index in [0.29, 0.717) is 25.1 Å². The maximum absolute atomic E-state index is 13.4. The standard InChI is InChI=1S/C21H23FN2O2/c1-15-7-2-3-10-18(15)20(25)23-19-11-4-5-12-24(21(19)26)14-16-8-6-9-17(22)13-16/h2-3,6-10,13,19H,4-5,11-12,14H2,1H3,(H,23,25). The lowest BCUT2D eigenvalue weighted by atomic mass is 10.1. The summed E-state index contributed by atoms with van der Waals surface area (Å²) in [7, 11) is 0. The highest BCUT2D eigenvalue weighted by Gasteiger charge is 2.28. The lowest BCUT2D eigenvalue weighted by Crippen LogP contribution is -2.47. The van der Waals surface area contributed by atoms with Gasteiger partial charge in [0.15, 0.2) is 0 Å². The van der Waals surface area contributed by atoms with Gasteiger partial charge in [0, 0.05) is 18.7 Å². The first-order chi connectivity index (χ1) is 12.5. The maximum Gasteiger partial charge on any atom is 0.252 e. The second-order valence-corrected chi connectivity index (χ2v) is 6.73. The lowest BCUT2D eigenvalue weighted by Gasteiger charge is -2.25.